The number of hydrogen-bond donors (Lipinski definition) is 2. The largest absolute Gasteiger partial charge is 0.496 e. The topological polar surface area (TPSA) is 119 Å². The third kappa shape index (κ3) is 3.72. The molecule has 0 radical (unpaired) electrons. The van der Waals surface area contributed by atoms with Crippen LogP contribution in [0.4, 0.5) is 0 Å². The van der Waals surface area contributed by atoms with Crippen LogP contribution in [-0.2, 0) is 10.0 Å². The third-order valence-electron chi connectivity index (χ3n) is 4.43. The number of nitrogens with zero attached hydrogens (tertiary/aromatic N) is 4. The minimum absolute atomic E-state index is 0.0355. The van der Waals surface area contributed by atoms with Gasteiger partial charge in [-0.05, 0) is 25.1 Å². The first-order chi connectivity index (χ1) is 14.5. The Morgan fingerprint density at radius 1 is 1.10 bits per heavy atom. The minimum Gasteiger partial charge on any atom is -0.496 e. The molecular weight excluding hydrogens is 406 g/mol. The van der Waals surface area contributed by atoms with E-state index in [-0.39, 0.29) is 4.90 Å². The van der Waals surface area contributed by atoms with Gasteiger partial charge in [0.1, 0.15) is 12.5 Å². The Hall–Kier alpha value is -3.08. The molecule has 0 aliphatic rings. The van der Waals surface area contributed by atoms with Crippen LogP contribution in [0.5, 0.6) is 5.75 Å². The fourth-order valence-electron chi connectivity index (χ4n) is 3.11. The molecule has 0 saturated carbocycles. The first kappa shape index (κ1) is 21.6. The molecule has 2 heterocycles. The van der Waals surface area contributed by atoms with Crippen LogP contribution in [-0.4, -0.2) is 47.2 Å². The SMILES string of the molecule is CC.COc1ccc(S(=O)(=O)NCO)cc1-c1nnc2c3ccccc3c(C)nn12. The predicted molar refractivity (Wildman–Crippen MR) is 114 cm³/mol. The maximum absolute atomic E-state index is 12.3. The van der Waals surface area contributed by atoms with Crippen LogP contribution in [0.3, 0.4) is 0 Å². The highest BCUT2D eigenvalue weighted by Crippen LogP contribution is 2.32. The number of rotatable bonds is 5. The van der Waals surface area contributed by atoms with Gasteiger partial charge in [0, 0.05) is 10.8 Å². The highest BCUT2D eigenvalue weighted by atomic mass is 32.2. The number of fused-ring (bicyclic) bond motifs is 3. The summed E-state index contributed by atoms with van der Waals surface area (Å²) in [6.45, 7) is 5.18. The molecule has 0 aliphatic heterocycles. The van der Waals surface area contributed by atoms with Crippen molar-refractivity contribution >= 4 is 26.4 Å². The molecule has 158 valence electrons. The van der Waals surface area contributed by atoms with Gasteiger partial charge in [0.15, 0.2) is 11.5 Å². The number of aliphatic hydroxyl groups excluding tert-OH is 1. The second kappa shape index (κ2) is 8.74. The molecule has 30 heavy (non-hydrogen) atoms. The van der Waals surface area contributed by atoms with E-state index in [1.807, 2.05) is 49.8 Å². The fraction of sp³-hybridized carbons (Fsp3) is 0.250. The summed E-state index contributed by atoms with van der Waals surface area (Å²) in [5.74, 6) is 0.770. The molecular formula is C20H23N5O4S. The second-order valence-electron chi connectivity index (χ2n) is 6.06. The van der Waals surface area contributed by atoms with Crippen LogP contribution in [0.25, 0.3) is 27.8 Å². The van der Waals surface area contributed by atoms with Crippen LogP contribution < -0.4 is 9.46 Å². The molecule has 2 aromatic carbocycles. The van der Waals surface area contributed by atoms with Gasteiger partial charge in [-0.15, -0.1) is 10.2 Å². The molecule has 0 unspecified atom stereocenters. The molecule has 0 atom stereocenters. The standard InChI is InChI=1S/C18H17N5O4S.C2H6/c1-11-13-5-3-4-6-14(13)17-20-21-18(23(17)22-11)15-9-12(7-8-16(15)27-2)28(25,26)19-10-24;1-2/h3-9,19,24H,10H2,1-2H3;1-2H3. The smallest absolute Gasteiger partial charge is 0.242 e. The minimum atomic E-state index is -3.88. The van der Waals surface area contributed by atoms with Crippen LogP contribution in [0.2, 0.25) is 0 Å². The van der Waals surface area contributed by atoms with E-state index in [9.17, 15) is 8.42 Å². The van der Waals surface area contributed by atoms with Crippen molar-refractivity contribution < 1.29 is 18.3 Å². The van der Waals surface area contributed by atoms with Gasteiger partial charge in [0.2, 0.25) is 10.0 Å². The van der Waals surface area contributed by atoms with Crippen LogP contribution >= 0.6 is 0 Å². The molecule has 0 bridgehead atoms. The first-order valence-corrected chi connectivity index (χ1v) is 10.8. The Labute approximate surface area is 174 Å². The molecule has 0 amide bonds. The lowest BCUT2D eigenvalue weighted by Gasteiger charge is -2.11. The zero-order chi connectivity index (χ0) is 21.9. The van der Waals surface area contributed by atoms with E-state index >= 15 is 0 Å². The van der Waals surface area contributed by atoms with E-state index in [1.165, 1.54) is 25.3 Å². The number of methoxy groups -OCH3 is 1. The van der Waals surface area contributed by atoms with E-state index in [0.717, 1.165) is 16.5 Å². The van der Waals surface area contributed by atoms with Gasteiger partial charge >= 0.3 is 0 Å². The lowest BCUT2D eigenvalue weighted by atomic mass is 10.1. The molecule has 0 saturated heterocycles. The summed E-state index contributed by atoms with van der Waals surface area (Å²) in [5.41, 5.74) is 1.76. The molecule has 4 aromatic rings. The van der Waals surface area contributed by atoms with Crippen LogP contribution in [0.1, 0.15) is 19.5 Å². The maximum Gasteiger partial charge on any atom is 0.242 e. The highest BCUT2D eigenvalue weighted by Gasteiger charge is 2.21. The summed E-state index contributed by atoms with van der Waals surface area (Å²) in [4.78, 5) is -0.0355. The summed E-state index contributed by atoms with van der Waals surface area (Å²) in [7, 11) is -2.40. The lowest BCUT2D eigenvalue weighted by molar-refractivity contribution is 0.288. The number of benzene rings is 2. The fourth-order valence-corrected chi connectivity index (χ4v) is 3.96. The number of nitrogens with one attached hydrogen (secondary N) is 1. The van der Waals surface area contributed by atoms with Crippen molar-refractivity contribution in [1.82, 2.24) is 24.5 Å². The Bertz CT molecular complexity index is 1300. The monoisotopic (exact) mass is 429 g/mol. The average molecular weight is 430 g/mol. The van der Waals surface area contributed by atoms with Gasteiger partial charge in [0.05, 0.1) is 23.3 Å². The molecule has 2 N–H and O–H groups in total. The van der Waals surface area contributed by atoms with Crippen molar-refractivity contribution in [2.24, 2.45) is 0 Å². The zero-order valence-electron chi connectivity index (χ0n) is 17.1. The molecule has 10 heteroatoms. The molecule has 4 rings (SSSR count). The van der Waals surface area contributed by atoms with Gasteiger partial charge in [-0.2, -0.15) is 14.3 Å². The quantitative estimate of drug-likeness (QED) is 0.468. The van der Waals surface area contributed by atoms with Crippen molar-refractivity contribution in [3.63, 3.8) is 0 Å². The van der Waals surface area contributed by atoms with E-state index < -0.39 is 16.8 Å². The summed E-state index contributed by atoms with van der Waals surface area (Å²) in [6, 6.07) is 12.1. The van der Waals surface area contributed by atoms with E-state index in [2.05, 4.69) is 15.3 Å². The number of aromatic nitrogens is 4. The van der Waals surface area contributed by atoms with Crippen molar-refractivity contribution in [1.29, 1.82) is 0 Å². The average Bonchev–Trinajstić information content (AvgIpc) is 3.18. The van der Waals surface area contributed by atoms with Gasteiger partial charge in [-0.3, -0.25) is 0 Å². The maximum atomic E-state index is 12.3. The Kier molecular flexibility index (Phi) is 6.30. The Morgan fingerprint density at radius 2 is 1.80 bits per heavy atom. The number of hydrogen-bond acceptors (Lipinski definition) is 7. The number of aliphatic hydroxyl groups is 1. The van der Waals surface area contributed by atoms with Crippen molar-refractivity contribution in [3.8, 4) is 17.1 Å². The summed E-state index contributed by atoms with van der Waals surface area (Å²) in [5, 5.41) is 23.9. The number of sulfonamides is 1. The summed E-state index contributed by atoms with van der Waals surface area (Å²) < 4.78 is 33.6. The predicted octanol–water partition coefficient (Wildman–Crippen LogP) is 2.52. The Balaban J connectivity index is 0.00000124. The van der Waals surface area contributed by atoms with Gasteiger partial charge in [-0.1, -0.05) is 38.1 Å². The molecule has 0 fully saturated rings. The highest BCUT2D eigenvalue weighted by molar-refractivity contribution is 7.89. The van der Waals surface area contributed by atoms with Crippen LogP contribution in [0.15, 0.2) is 47.4 Å². The summed E-state index contributed by atoms with van der Waals surface area (Å²) in [6.07, 6.45) is 0. The Morgan fingerprint density at radius 3 is 2.47 bits per heavy atom. The molecule has 2 aromatic heterocycles. The third-order valence-corrected chi connectivity index (χ3v) is 5.81. The number of ether oxygens (including phenoxy) is 1. The molecule has 0 aliphatic carbocycles. The summed E-state index contributed by atoms with van der Waals surface area (Å²) >= 11 is 0. The molecule has 0 spiro atoms. The number of aryl methyl sites for hydroxylation is 1. The molecule has 9 nitrogen and oxygen atoms in total. The normalized spacial score (nSPS) is 11.4. The van der Waals surface area contributed by atoms with E-state index in [1.54, 1.807) is 4.52 Å². The lowest BCUT2D eigenvalue weighted by Crippen LogP contribution is -2.24. The van der Waals surface area contributed by atoms with Gasteiger partial charge in [-0.25, -0.2) is 8.42 Å². The van der Waals surface area contributed by atoms with E-state index in [4.69, 9.17) is 9.84 Å². The zero-order valence-corrected chi connectivity index (χ0v) is 17.9. The van der Waals surface area contributed by atoms with Crippen molar-refractivity contribution in [2.45, 2.75) is 25.7 Å². The van der Waals surface area contributed by atoms with Gasteiger partial charge in [0.25, 0.3) is 0 Å². The van der Waals surface area contributed by atoms with Crippen molar-refractivity contribution in [3.05, 3.63) is 48.2 Å². The van der Waals surface area contributed by atoms with Crippen molar-refractivity contribution in [2.75, 3.05) is 13.8 Å². The van der Waals surface area contributed by atoms with Gasteiger partial charge < -0.3 is 9.84 Å². The first-order valence-electron chi connectivity index (χ1n) is 9.36. The van der Waals surface area contributed by atoms with E-state index in [0.29, 0.717) is 22.8 Å². The second-order valence-corrected chi connectivity index (χ2v) is 7.82. The van der Waals surface area contributed by atoms with Crippen LogP contribution in [0, 0.1) is 6.92 Å².